The first kappa shape index (κ1) is 18.5. The van der Waals surface area contributed by atoms with E-state index in [0.717, 1.165) is 23.3 Å². The zero-order valence-electron chi connectivity index (χ0n) is 13.0. The number of carbonyl (C=O) groups is 2. The summed E-state index contributed by atoms with van der Waals surface area (Å²) in [5, 5.41) is 0. The summed E-state index contributed by atoms with van der Waals surface area (Å²) in [7, 11) is 0. The maximum atomic E-state index is 12.2. The zero-order chi connectivity index (χ0) is 16.4. The fourth-order valence-electron chi connectivity index (χ4n) is 1.73. The second kappa shape index (κ2) is 10.2. The van der Waals surface area contributed by atoms with Crippen molar-refractivity contribution in [2.24, 2.45) is 0 Å². The van der Waals surface area contributed by atoms with E-state index in [1.165, 1.54) is 6.08 Å². The van der Waals surface area contributed by atoms with Crippen LogP contribution in [-0.4, -0.2) is 31.6 Å². The van der Waals surface area contributed by atoms with Crippen LogP contribution >= 0.6 is 12.6 Å². The molecule has 0 unspecified atom stereocenters. The summed E-state index contributed by atoms with van der Waals surface area (Å²) >= 11 is 4.25. The predicted octanol–water partition coefficient (Wildman–Crippen LogP) is 3.31. The first-order chi connectivity index (χ1) is 10.6. The molecule has 0 saturated carbocycles. The summed E-state index contributed by atoms with van der Waals surface area (Å²) in [5.41, 5.74) is 0.717. The molecule has 120 valence electrons. The van der Waals surface area contributed by atoms with E-state index in [4.69, 9.17) is 9.47 Å². The predicted molar refractivity (Wildman–Crippen MR) is 89.0 cm³/mol. The highest BCUT2D eigenvalue weighted by molar-refractivity contribution is 7.80. The van der Waals surface area contributed by atoms with Crippen LogP contribution in [-0.2, 0) is 19.1 Å². The Morgan fingerprint density at radius 2 is 2.05 bits per heavy atom. The van der Waals surface area contributed by atoms with Crippen molar-refractivity contribution >= 4 is 30.5 Å². The van der Waals surface area contributed by atoms with Gasteiger partial charge in [0.1, 0.15) is 12.2 Å². The Labute approximate surface area is 136 Å². The molecule has 0 spiro atoms. The van der Waals surface area contributed by atoms with Crippen LogP contribution in [0.1, 0.15) is 32.3 Å². The lowest BCUT2D eigenvalue weighted by atomic mass is 10.1. The lowest BCUT2D eigenvalue weighted by Crippen LogP contribution is -2.20. The van der Waals surface area contributed by atoms with E-state index in [-0.39, 0.29) is 24.6 Å². The van der Waals surface area contributed by atoms with E-state index in [1.807, 2.05) is 13.0 Å². The molecule has 0 aliphatic carbocycles. The van der Waals surface area contributed by atoms with Crippen molar-refractivity contribution in [1.82, 2.24) is 0 Å². The van der Waals surface area contributed by atoms with Gasteiger partial charge < -0.3 is 9.47 Å². The van der Waals surface area contributed by atoms with Crippen molar-refractivity contribution in [3.63, 3.8) is 0 Å². The normalized spacial score (nSPS) is 11.3. The molecule has 0 fully saturated rings. The van der Waals surface area contributed by atoms with Crippen molar-refractivity contribution in [3.8, 4) is 0 Å². The van der Waals surface area contributed by atoms with Crippen molar-refractivity contribution in [2.75, 3.05) is 19.8 Å². The summed E-state index contributed by atoms with van der Waals surface area (Å²) in [6, 6.07) is 7.19. The molecule has 0 bridgehead atoms. The van der Waals surface area contributed by atoms with Gasteiger partial charge >= 0.3 is 5.97 Å². The van der Waals surface area contributed by atoms with Crippen LogP contribution in [0.5, 0.6) is 0 Å². The molecule has 0 aromatic heterocycles. The SMILES string of the molecule is CCCCOCC(=O)C(=Cc1cccc(S)c1)C(=O)OCC. The number of thiol groups is 1. The lowest BCUT2D eigenvalue weighted by molar-refractivity contribution is -0.140. The number of rotatable bonds is 9. The second-order valence-electron chi connectivity index (χ2n) is 4.70. The molecular weight excluding hydrogens is 300 g/mol. The average molecular weight is 322 g/mol. The molecule has 0 amide bonds. The van der Waals surface area contributed by atoms with Crippen LogP contribution in [0.25, 0.3) is 6.08 Å². The average Bonchev–Trinajstić information content (AvgIpc) is 2.49. The largest absolute Gasteiger partial charge is 0.462 e. The van der Waals surface area contributed by atoms with E-state index in [9.17, 15) is 9.59 Å². The van der Waals surface area contributed by atoms with Crippen LogP contribution in [0, 0.1) is 0 Å². The molecule has 1 aromatic rings. The number of benzene rings is 1. The fourth-order valence-corrected chi connectivity index (χ4v) is 1.97. The van der Waals surface area contributed by atoms with Gasteiger partial charge in [0, 0.05) is 11.5 Å². The van der Waals surface area contributed by atoms with E-state index >= 15 is 0 Å². The molecule has 5 heteroatoms. The van der Waals surface area contributed by atoms with Crippen molar-refractivity contribution in [3.05, 3.63) is 35.4 Å². The van der Waals surface area contributed by atoms with Gasteiger partial charge in [0.15, 0.2) is 5.78 Å². The molecule has 1 aromatic carbocycles. The third kappa shape index (κ3) is 6.45. The molecule has 0 heterocycles. The number of ether oxygens (including phenoxy) is 2. The molecule has 0 aliphatic heterocycles. The highest BCUT2D eigenvalue weighted by Crippen LogP contribution is 2.14. The summed E-state index contributed by atoms with van der Waals surface area (Å²) in [6.45, 7) is 4.34. The number of Topliss-reactive ketones (excluding diaryl/α,β-unsaturated/α-hetero) is 1. The first-order valence-electron chi connectivity index (χ1n) is 7.37. The third-order valence-electron chi connectivity index (χ3n) is 2.85. The monoisotopic (exact) mass is 322 g/mol. The van der Waals surface area contributed by atoms with Gasteiger partial charge in [-0.3, -0.25) is 4.79 Å². The number of ketones is 1. The molecule has 0 radical (unpaired) electrons. The molecule has 1 rings (SSSR count). The molecule has 0 atom stereocenters. The molecule has 0 N–H and O–H groups in total. The van der Waals surface area contributed by atoms with E-state index in [2.05, 4.69) is 12.6 Å². The van der Waals surface area contributed by atoms with Crippen LogP contribution in [0.2, 0.25) is 0 Å². The molecular formula is C17H22O4S. The van der Waals surface area contributed by atoms with Gasteiger partial charge in [-0.1, -0.05) is 25.5 Å². The molecule has 0 aliphatic rings. The zero-order valence-corrected chi connectivity index (χ0v) is 13.9. The van der Waals surface area contributed by atoms with Gasteiger partial charge in [-0.25, -0.2) is 4.79 Å². The third-order valence-corrected chi connectivity index (χ3v) is 3.13. The lowest BCUT2D eigenvalue weighted by Gasteiger charge is -2.07. The summed E-state index contributed by atoms with van der Waals surface area (Å²) < 4.78 is 10.2. The Bertz CT molecular complexity index is 537. The van der Waals surface area contributed by atoms with Gasteiger partial charge in [-0.05, 0) is 37.1 Å². The van der Waals surface area contributed by atoms with Crippen LogP contribution in [0.4, 0.5) is 0 Å². The van der Waals surface area contributed by atoms with Crippen molar-refractivity contribution in [1.29, 1.82) is 0 Å². The number of esters is 1. The maximum absolute atomic E-state index is 12.2. The van der Waals surface area contributed by atoms with Gasteiger partial charge in [0.2, 0.25) is 0 Å². The Kier molecular flexibility index (Phi) is 8.55. The van der Waals surface area contributed by atoms with Crippen LogP contribution in [0.15, 0.2) is 34.7 Å². The molecule has 4 nitrogen and oxygen atoms in total. The van der Waals surface area contributed by atoms with Gasteiger partial charge in [0.05, 0.1) is 6.61 Å². The smallest absolute Gasteiger partial charge is 0.341 e. The number of carbonyl (C=O) groups excluding carboxylic acids is 2. The van der Waals surface area contributed by atoms with Crippen LogP contribution in [0.3, 0.4) is 0 Å². The fraction of sp³-hybridized carbons (Fsp3) is 0.412. The van der Waals surface area contributed by atoms with Gasteiger partial charge in [0.25, 0.3) is 0 Å². The topological polar surface area (TPSA) is 52.6 Å². The Morgan fingerprint density at radius 1 is 1.27 bits per heavy atom. The van der Waals surface area contributed by atoms with Gasteiger partial charge in [-0.2, -0.15) is 0 Å². The number of hydrogen-bond acceptors (Lipinski definition) is 5. The van der Waals surface area contributed by atoms with Crippen molar-refractivity contribution < 1.29 is 19.1 Å². The van der Waals surface area contributed by atoms with Crippen LogP contribution < -0.4 is 0 Å². The van der Waals surface area contributed by atoms with E-state index in [0.29, 0.717) is 6.61 Å². The quantitative estimate of drug-likeness (QED) is 0.189. The van der Waals surface area contributed by atoms with E-state index < -0.39 is 5.97 Å². The highest BCUT2D eigenvalue weighted by atomic mass is 32.1. The maximum Gasteiger partial charge on any atom is 0.341 e. The number of hydrogen-bond donors (Lipinski definition) is 1. The molecule has 0 saturated heterocycles. The van der Waals surface area contributed by atoms with E-state index in [1.54, 1.807) is 25.1 Å². The minimum absolute atomic E-state index is 0.00252. The number of unbranched alkanes of at least 4 members (excludes halogenated alkanes) is 1. The second-order valence-corrected chi connectivity index (χ2v) is 5.22. The van der Waals surface area contributed by atoms with Gasteiger partial charge in [-0.15, -0.1) is 12.6 Å². The Morgan fingerprint density at radius 3 is 2.68 bits per heavy atom. The standard InChI is InChI=1S/C17H22O4S/c1-3-5-9-20-12-16(18)15(17(19)21-4-2)11-13-7-6-8-14(22)10-13/h6-8,10-11,22H,3-5,9,12H2,1-2H3. The molecule has 22 heavy (non-hydrogen) atoms. The summed E-state index contributed by atoms with van der Waals surface area (Å²) in [5.74, 6) is -1.00. The Hall–Kier alpha value is -1.59. The van der Waals surface area contributed by atoms with Crippen molar-refractivity contribution in [2.45, 2.75) is 31.6 Å². The highest BCUT2D eigenvalue weighted by Gasteiger charge is 2.19. The summed E-state index contributed by atoms with van der Waals surface area (Å²) in [4.78, 5) is 24.9. The summed E-state index contributed by atoms with van der Waals surface area (Å²) in [6.07, 6.45) is 3.39. The Balaban J connectivity index is 2.88. The minimum Gasteiger partial charge on any atom is -0.462 e. The first-order valence-corrected chi connectivity index (χ1v) is 7.82. The minimum atomic E-state index is -0.629.